The summed E-state index contributed by atoms with van der Waals surface area (Å²) < 4.78 is 28.6. The lowest BCUT2D eigenvalue weighted by molar-refractivity contribution is -0.136. The number of hydrogen-bond acceptors (Lipinski definition) is 5. The maximum atomic E-state index is 12.5. The smallest absolute Gasteiger partial charge is 0.225 e. The Morgan fingerprint density at radius 2 is 1.68 bits per heavy atom. The maximum Gasteiger partial charge on any atom is 0.225 e. The van der Waals surface area contributed by atoms with Crippen LogP contribution < -0.4 is 10.1 Å². The van der Waals surface area contributed by atoms with E-state index in [9.17, 15) is 18.0 Å². The first kappa shape index (κ1) is 22.8. The van der Waals surface area contributed by atoms with Crippen LogP contribution in [0.15, 0.2) is 59.5 Å². The molecule has 2 amide bonds. The largest absolute Gasteiger partial charge is 0.493 e. The molecule has 0 aliphatic carbocycles. The average molecular weight is 445 g/mol. The zero-order valence-corrected chi connectivity index (χ0v) is 18.4. The predicted molar refractivity (Wildman–Crippen MR) is 117 cm³/mol. The third kappa shape index (κ3) is 6.82. The summed E-state index contributed by atoms with van der Waals surface area (Å²) >= 11 is 0. The highest BCUT2D eigenvalue weighted by Crippen LogP contribution is 2.19. The van der Waals surface area contributed by atoms with Gasteiger partial charge in [0.1, 0.15) is 5.75 Å². The van der Waals surface area contributed by atoms with Crippen LogP contribution >= 0.6 is 0 Å². The number of sulfone groups is 1. The molecule has 0 unspecified atom stereocenters. The molecule has 1 fully saturated rings. The number of nitrogens with zero attached hydrogens (tertiary/aromatic N) is 1. The zero-order valence-electron chi connectivity index (χ0n) is 17.6. The van der Waals surface area contributed by atoms with E-state index in [0.717, 1.165) is 17.6 Å². The van der Waals surface area contributed by atoms with E-state index >= 15 is 0 Å². The molecule has 1 N–H and O–H groups in total. The van der Waals surface area contributed by atoms with E-state index in [4.69, 9.17) is 4.74 Å². The summed E-state index contributed by atoms with van der Waals surface area (Å²) in [6, 6.07) is 15.9. The third-order valence-electron chi connectivity index (χ3n) is 5.36. The first-order chi connectivity index (χ1) is 14.8. The molecule has 1 aliphatic heterocycles. The van der Waals surface area contributed by atoms with Crippen LogP contribution in [0.4, 0.5) is 0 Å². The van der Waals surface area contributed by atoms with E-state index < -0.39 is 9.84 Å². The summed E-state index contributed by atoms with van der Waals surface area (Å²) in [7, 11) is -3.23. The van der Waals surface area contributed by atoms with Crippen molar-refractivity contribution in [3.05, 3.63) is 60.2 Å². The molecule has 1 saturated heterocycles. The molecule has 0 aromatic heterocycles. The number of carbonyl (C=O) groups excluding carboxylic acids is 2. The number of rotatable bonds is 8. The van der Waals surface area contributed by atoms with E-state index in [1.165, 1.54) is 0 Å². The van der Waals surface area contributed by atoms with Crippen LogP contribution in [0.25, 0.3) is 0 Å². The molecule has 7 nitrogen and oxygen atoms in total. The minimum Gasteiger partial charge on any atom is -0.493 e. The summed E-state index contributed by atoms with van der Waals surface area (Å²) in [6.07, 6.45) is 2.74. The molecule has 3 rings (SSSR count). The van der Waals surface area contributed by atoms with Crippen LogP contribution in [0.2, 0.25) is 0 Å². The van der Waals surface area contributed by atoms with Crippen molar-refractivity contribution in [1.82, 2.24) is 10.2 Å². The monoisotopic (exact) mass is 444 g/mol. The molecule has 0 spiro atoms. The second kappa shape index (κ2) is 10.4. The van der Waals surface area contributed by atoms with Crippen molar-refractivity contribution in [2.45, 2.75) is 30.7 Å². The number of para-hydroxylation sites is 1. The first-order valence-corrected chi connectivity index (χ1v) is 12.2. The molecule has 0 radical (unpaired) electrons. The van der Waals surface area contributed by atoms with Crippen LogP contribution in [-0.4, -0.2) is 51.1 Å². The van der Waals surface area contributed by atoms with Crippen LogP contribution in [0.5, 0.6) is 5.75 Å². The van der Waals surface area contributed by atoms with Crippen LogP contribution in [0.3, 0.4) is 0 Å². The highest BCUT2D eigenvalue weighted by atomic mass is 32.2. The highest BCUT2D eigenvalue weighted by Gasteiger charge is 2.27. The average Bonchev–Trinajstić information content (AvgIpc) is 2.78. The fraction of sp³-hybridized carbons (Fsp3) is 0.391. The van der Waals surface area contributed by atoms with Gasteiger partial charge in [0.2, 0.25) is 11.8 Å². The molecule has 1 heterocycles. The Balaban J connectivity index is 1.37. The number of likely N-dealkylation sites (tertiary alicyclic amines) is 1. The van der Waals surface area contributed by atoms with Crippen molar-refractivity contribution in [2.24, 2.45) is 5.92 Å². The SMILES string of the molecule is CS(=O)(=O)c1ccc(CNC(=O)C2CCN(C(=O)CCOc3ccccc3)CC2)cc1. The quantitative estimate of drug-likeness (QED) is 0.675. The van der Waals surface area contributed by atoms with Gasteiger partial charge in [-0.1, -0.05) is 30.3 Å². The highest BCUT2D eigenvalue weighted by molar-refractivity contribution is 7.90. The normalized spacial score (nSPS) is 14.8. The van der Waals surface area contributed by atoms with E-state index in [1.54, 1.807) is 29.2 Å². The number of amides is 2. The van der Waals surface area contributed by atoms with Crippen LogP contribution in [0, 0.1) is 5.92 Å². The molecule has 166 valence electrons. The summed E-state index contributed by atoms with van der Waals surface area (Å²) in [4.78, 5) is 26.9. The van der Waals surface area contributed by atoms with Crippen molar-refractivity contribution in [3.8, 4) is 5.75 Å². The van der Waals surface area contributed by atoms with Gasteiger partial charge in [-0.2, -0.15) is 0 Å². The number of carbonyl (C=O) groups is 2. The summed E-state index contributed by atoms with van der Waals surface area (Å²) in [6.45, 7) is 1.80. The van der Waals surface area contributed by atoms with E-state index in [0.29, 0.717) is 45.5 Å². The van der Waals surface area contributed by atoms with Crippen LogP contribution in [-0.2, 0) is 26.0 Å². The lowest BCUT2D eigenvalue weighted by atomic mass is 9.95. The van der Waals surface area contributed by atoms with E-state index in [-0.39, 0.29) is 22.6 Å². The van der Waals surface area contributed by atoms with Crippen molar-refractivity contribution in [3.63, 3.8) is 0 Å². The van der Waals surface area contributed by atoms with Gasteiger partial charge in [-0.3, -0.25) is 9.59 Å². The number of piperidine rings is 1. The lowest BCUT2D eigenvalue weighted by Crippen LogP contribution is -2.43. The molecular formula is C23H28N2O5S. The van der Waals surface area contributed by atoms with Gasteiger partial charge in [-0.05, 0) is 42.7 Å². The van der Waals surface area contributed by atoms with E-state index in [1.807, 2.05) is 30.3 Å². The van der Waals surface area contributed by atoms with Crippen molar-refractivity contribution >= 4 is 21.7 Å². The minimum absolute atomic E-state index is 0.0355. The van der Waals surface area contributed by atoms with Gasteiger partial charge < -0.3 is 15.0 Å². The van der Waals surface area contributed by atoms with Crippen molar-refractivity contribution in [1.29, 1.82) is 0 Å². The van der Waals surface area contributed by atoms with Gasteiger partial charge in [0, 0.05) is 31.8 Å². The fourth-order valence-electron chi connectivity index (χ4n) is 3.51. The topological polar surface area (TPSA) is 92.8 Å². The molecule has 0 bridgehead atoms. The molecule has 0 saturated carbocycles. The molecule has 8 heteroatoms. The van der Waals surface area contributed by atoms with Gasteiger partial charge in [-0.15, -0.1) is 0 Å². The standard InChI is InChI=1S/C23H28N2O5S/c1-31(28,29)21-9-7-18(8-10-21)17-24-23(27)19-11-14-25(15-12-19)22(26)13-16-30-20-5-3-2-4-6-20/h2-10,19H,11-17H2,1H3,(H,24,27). The van der Waals surface area contributed by atoms with Crippen molar-refractivity contribution in [2.75, 3.05) is 26.0 Å². The Bertz CT molecular complexity index is 982. The number of ether oxygens (including phenoxy) is 1. The Morgan fingerprint density at radius 3 is 2.29 bits per heavy atom. The molecule has 2 aromatic carbocycles. The zero-order chi connectivity index (χ0) is 22.3. The number of nitrogens with one attached hydrogen (secondary N) is 1. The maximum absolute atomic E-state index is 12.5. The van der Waals surface area contributed by atoms with Gasteiger partial charge in [0.15, 0.2) is 9.84 Å². The number of hydrogen-bond donors (Lipinski definition) is 1. The van der Waals surface area contributed by atoms with Gasteiger partial charge >= 0.3 is 0 Å². The Morgan fingerprint density at radius 1 is 1.03 bits per heavy atom. The second-order valence-corrected chi connectivity index (χ2v) is 9.72. The Kier molecular flexibility index (Phi) is 7.68. The minimum atomic E-state index is -3.23. The molecule has 31 heavy (non-hydrogen) atoms. The predicted octanol–water partition coefficient (Wildman–Crippen LogP) is 2.41. The molecular weight excluding hydrogens is 416 g/mol. The third-order valence-corrected chi connectivity index (χ3v) is 6.49. The lowest BCUT2D eigenvalue weighted by Gasteiger charge is -2.31. The van der Waals surface area contributed by atoms with Crippen molar-refractivity contribution < 1.29 is 22.7 Å². The first-order valence-electron chi connectivity index (χ1n) is 10.4. The van der Waals surface area contributed by atoms with Gasteiger partial charge in [0.25, 0.3) is 0 Å². The Hall–Kier alpha value is -2.87. The molecule has 2 aromatic rings. The fourth-order valence-corrected chi connectivity index (χ4v) is 4.14. The second-order valence-electron chi connectivity index (χ2n) is 7.70. The Labute approximate surface area is 183 Å². The summed E-state index contributed by atoms with van der Waals surface area (Å²) in [5.41, 5.74) is 0.840. The van der Waals surface area contributed by atoms with Crippen LogP contribution in [0.1, 0.15) is 24.8 Å². The molecule has 0 atom stereocenters. The summed E-state index contributed by atoms with van der Waals surface area (Å²) in [5.74, 6) is 0.629. The molecule has 1 aliphatic rings. The van der Waals surface area contributed by atoms with E-state index in [2.05, 4.69) is 5.32 Å². The summed E-state index contributed by atoms with van der Waals surface area (Å²) in [5, 5.41) is 2.91. The number of benzene rings is 2. The van der Waals surface area contributed by atoms with Gasteiger partial charge in [-0.25, -0.2) is 8.42 Å². The van der Waals surface area contributed by atoms with Gasteiger partial charge in [0.05, 0.1) is 17.9 Å².